The van der Waals surface area contributed by atoms with E-state index in [0.717, 1.165) is 13.0 Å². The molecule has 1 saturated carbocycles. The zero-order valence-corrected chi connectivity index (χ0v) is 12.9. The third kappa shape index (κ3) is 3.01. The minimum atomic E-state index is 0.186. The predicted octanol–water partition coefficient (Wildman–Crippen LogP) is 4.60. The molecule has 1 spiro atoms. The van der Waals surface area contributed by atoms with Gasteiger partial charge in [-0.15, -0.1) is 0 Å². The standard InChI is InChI=1S/C18H27NO/c1-14-6-7-15(2)17(12-14)19-16-8-11-20-18(13-16)9-4-3-5-10-18/h6-7,12,16,19H,3-5,8-11,13H2,1-2H3. The predicted molar refractivity (Wildman–Crippen MR) is 84.3 cm³/mol. The SMILES string of the molecule is Cc1ccc(C)c(NC2CCOC3(CCCCC3)C2)c1. The van der Waals surface area contributed by atoms with Gasteiger partial charge < -0.3 is 10.1 Å². The molecule has 1 unspecified atom stereocenters. The van der Waals surface area contributed by atoms with E-state index < -0.39 is 0 Å². The Hall–Kier alpha value is -1.02. The summed E-state index contributed by atoms with van der Waals surface area (Å²) in [5, 5.41) is 3.78. The van der Waals surface area contributed by atoms with Gasteiger partial charge in [0.2, 0.25) is 0 Å². The van der Waals surface area contributed by atoms with Crippen molar-refractivity contribution in [2.45, 2.75) is 70.4 Å². The van der Waals surface area contributed by atoms with Crippen molar-refractivity contribution in [3.05, 3.63) is 29.3 Å². The van der Waals surface area contributed by atoms with Crippen LogP contribution in [0.1, 0.15) is 56.1 Å². The average Bonchev–Trinajstić information content (AvgIpc) is 2.44. The second kappa shape index (κ2) is 5.77. The zero-order chi connectivity index (χ0) is 14.0. The molecule has 1 heterocycles. The Bertz CT molecular complexity index is 457. The summed E-state index contributed by atoms with van der Waals surface area (Å²) in [6.45, 7) is 5.28. The minimum absolute atomic E-state index is 0.186. The van der Waals surface area contributed by atoms with Crippen molar-refractivity contribution in [2.75, 3.05) is 11.9 Å². The molecule has 110 valence electrons. The number of hydrogen-bond donors (Lipinski definition) is 1. The van der Waals surface area contributed by atoms with Crippen molar-refractivity contribution in [2.24, 2.45) is 0 Å². The normalized spacial score (nSPS) is 25.6. The maximum Gasteiger partial charge on any atom is 0.0702 e. The summed E-state index contributed by atoms with van der Waals surface area (Å²) in [7, 11) is 0. The van der Waals surface area contributed by atoms with Gasteiger partial charge in [-0.3, -0.25) is 0 Å². The van der Waals surface area contributed by atoms with E-state index in [0.29, 0.717) is 6.04 Å². The molecule has 2 heteroatoms. The molecule has 0 bridgehead atoms. The third-order valence-corrected chi connectivity index (χ3v) is 5.01. The number of anilines is 1. The van der Waals surface area contributed by atoms with Crippen LogP contribution in [0.25, 0.3) is 0 Å². The largest absolute Gasteiger partial charge is 0.382 e. The molecule has 2 aliphatic rings. The van der Waals surface area contributed by atoms with Crippen LogP contribution in [0.5, 0.6) is 0 Å². The number of nitrogens with one attached hydrogen (secondary N) is 1. The van der Waals surface area contributed by atoms with E-state index in [9.17, 15) is 0 Å². The Morgan fingerprint density at radius 1 is 1.15 bits per heavy atom. The van der Waals surface area contributed by atoms with E-state index in [1.54, 1.807) is 0 Å². The first-order valence-electron chi connectivity index (χ1n) is 8.15. The lowest BCUT2D eigenvalue weighted by Gasteiger charge is -2.44. The minimum Gasteiger partial charge on any atom is -0.382 e. The van der Waals surface area contributed by atoms with Crippen LogP contribution in [0, 0.1) is 13.8 Å². The fraction of sp³-hybridized carbons (Fsp3) is 0.667. The summed E-state index contributed by atoms with van der Waals surface area (Å²) in [5.74, 6) is 0. The van der Waals surface area contributed by atoms with Gasteiger partial charge in [-0.25, -0.2) is 0 Å². The molecule has 0 amide bonds. The Kier molecular flexibility index (Phi) is 4.02. The zero-order valence-electron chi connectivity index (χ0n) is 12.9. The number of ether oxygens (including phenoxy) is 1. The molecule has 20 heavy (non-hydrogen) atoms. The number of benzene rings is 1. The number of hydrogen-bond acceptors (Lipinski definition) is 2. The number of aryl methyl sites for hydroxylation is 2. The molecule has 1 atom stereocenters. The molecule has 1 aliphatic carbocycles. The third-order valence-electron chi connectivity index (χ3n) is 5.01. The highest BCUT2D eigenvalue weighted by atomic mass is 16.5. The van der Waals surface area contributed by atoms with E-state index >= 15 is 0 Å². The summed E-state index contributed by atoms with van der Waals surface area (Å²) in [5.41, 5.74) is 4.17. The smallest absolute Gasteiger partial charge is 0.0702 e. The number of rotatable bonds is 2. The monoisotopic (exact) mass is 273 g/mol. The molecule has 2 fully saturated rings. The molecule has 2 nitrogen and oxygen atoms in total. The van der Waals surface area contributed by atoms with Gasteiger partial charge in [-0.05, 0) is 56.7 Å². The fourth-order valence-corrected chi connectivity index (χ4v) is 3.81. The molecular weight excluding hydrogens is 246 g/mol. The summed E-state index contributed by atoms with van der Waals surface area (Å²) in [4.78, 5) is 0. The molecule has 1 saturated heterocycles. The molecule has 0 radical (unpaired) electrons. The van der Waals surface area contributed by atoms with Crippen LogP contribution in [0.4, 0.5) is 5.69 Å². The van der Waals surface area contributed by atoms with Gasteiger partial charge >= 0.3 is 0 Å². The second-order valence-electron chi connectivity index (χ2n) is 6.74. The lowest BCUT2D eigenvalue weighted by Crippen LogP contribution is -2.45. The molecule has 1 aliphatic heterocycles. The molecule has 1 aromatic carbocycles. The van der Waals surface area contributed by atoms with E-state index in [1.807, 2.05) is 0 Å². The first-order chi connectivity index (χ1) is 9.67. The summed E-state index contributed by atoms with van der Waals surface area (Å²) in [6, 6.07) is 7.25. The highest BCUT2D eigenvalue weighted by Gasteiger charge is 2.38. The van der Waals surface area contributed by atoms with Crippen LogP contribution in [-0.2, 0) is 4.74 Å². The fourth-order valence-electron chi connectivity index (χ4n) is 3.81. The van der Waals surface area contributed by atoms with Crippen LogP contribution in [0.3, 0.4) is 0 Å². The van der Waals surface area contributed by atoms with Gasteiger partial charge in [-0.1, -0.05) is 31.4 Å². The van der Waals surface area contributed by atoms with Crippen molar-refractivity contribution in [1.29, 1.82) is 0 Å². The first-order valence-corrected chi connectivity index (χ1v) is 8.15. The van der Waals surface area contributed by atoms with E-state index in [2.05, 4.69) is 37.4 Å². The highest BCUT2D eigenvalue weighted by molar-refractivity contribution is 5.53. The molecular formula is C18H27NO. The Balaban J connectivity index is 1.69. The summed E-state index contributed by atoms with van der Waals surface area (Å²) in [6.07, 6.45) is 8.91. The van der Waals surface area contributed by atoms with Gasteiger partial charge in [0.05, 0.1) is 5.60 Å². The topological polar surface area (TPSA) is 21.3 Å². The van der Waals surface area contributed by atoms with Crippen LogP contribution in [-0.4, -0.2) is 18.2 Å². The lowest BCUT2D eigenvalue weighted by atomic mass is 9.78. The Labute approximate surface area is 122 Å². The maximum atomic E-state index is 6.19. The van der Waals surface area contributed by atoms with Crippen molar-refractivity contribution in [3.8, 4) is 0 Å². The van der Waals surface area contributed by atoms with Crippen molar-refractivity contribution in [3.63, 3.8) is 0 Å². The van der Waals surface area contributed by atoms with Crippen molar-refractivity contribution < 1.29 is 4.74 Å². The van der Waals surface area contributed by atoms with Gasteiger partial charge in [0.1, 0.15) is 0 Å². The van der Waals surface area contributed by atoms with E-state index in [-0.39, 0.29) is 5.60 Å². The summed E-state index contributed by atoms with van der Waals surface area (Å²) < 4.78 is 6.19. The van der Waals surface area contributed by atoms with Crippen LogP contribution in [0.2, 0.25) is 0 Å². The van der Waals surface area contributed by atoms with Crippen molar-refractivity contribution in [1.82, 2.24) is 0 Å². The van der Waals surface area contributed by atoms with Crippen LogP contribution < -0.4 is 5.32 Å². The first kappa shape index (κ1) is 13.9. The van der Waals surface area contributed by atoms with Gasteiger partial charge in [0.25, 0.3) is 0 Å². The van der Waals surface area contributed by atoms with Crippen LogP contribution >= 0.6 is 0 Å². The van der Waals surface area contributed by atoms with E-state index in [4.69, 9.17) is 4.74 Å². The maximum absolute atomic E-state index is 6.19. The molecule has 1 aromatic rings. The van der Waals surface area contributed by atoms with Gasteiger partial charge in [-0.2, -0.15) is 0 Å². The molecule has 3 rings (SSSR count). The Morgan fingerprint density at radius 3 is 2.75 bits per heavy atom. The van der Waals surface area contributed by atoms with Gasteiger partial charge in [0, 0.05) is 18.3 Å². The second-order valence-corrected chi connectivity index (χ2v) is 6.74. The van der Waals surface area contributed by atoms with Crippen LogP contribution in [0.15, 0.2) is 18.2 Å². The van der Waals surface area contributed by atoms with E-state index in [1.165, 1.54) is 55.3 Å². The summed E-state index contributed by atoms with van der Waals surface area (Å²) >= 11 is 0. The lowest BCUT2D eigenvalue weighted by molar-refractivity contribution is -0.103. The highest BCUT2D eigenvalue weighted by Crippen LogP contribution is 2.39. The molecule has 1 N–H and O–H groups in total. The average molecular weight is 273 g/mol. The quantitative estimate of drug-likeness (QED) is 0.850. The van der Waals surface area contributed by atoms with Gasteiger partial charge in [0.15, 0.2) is 0 Å². The molecule has 0 aromatic heterocycles. The Morgan fingerprint density at radius 2 is 1.95 bits per heavy atom. The van der Waals surface area contributed by atoms with Crippen molar-refractivity contribution >= 4 is 5.69 Å².